The number of primary sulfonamides is 1. The van der Waals surface area contributed by atoms with Gasteiger partial charge in [0.05, 0.1) is 25.3 Å². The lowest BCUT2D eigenvalue weighted by Crippen LogP contribution is -2.24. The Morgan fingerprint density at radius 1 is 1.11 bits per heavy atom. The number of aliphatic hydroxyl groups is 1. The van der Waals surface area contributed by atoms with E-state index >= 15 is 0 Å². The quantitative estimate of drug-likeness (QED) is 0.520. The van der Waals surface area contributed by atoms with E-state index in [0.29, 0.717) is 42.6 Å². The average molecular weight is 512 g/mol. The lowest BCUT2D eigenvalue weighted by molar-refractivity contribution is -0.139. The molecule has 0 saturated heterocycles. The molecule has 1 saturated carbocycles. The van der Waals surface area contributed by atoms with E-state index in [1.807, 2.05) is 0 Å². The van der Waals surface area contributed by atoms with Crippen LogP contribution in [0.5, 0.6) is 5.75 Å². The molecular formula is C22H24F3N5O4S. The molecule has 35 heavy (non-hydrogen) atoms. The average Bonchev–Trinajstić information content (AvgIpc) is 3.25. The van der Waals surface area contributed by atoms with Crippen LogP contribution >= 0.6 is 0 Å². The predicted octanol–water partition coefficient (Wildman–Crippen LogP) is 3.08. The molecule has 0 aliphatic heterocycles. The number of tetrazole rings is 1. The highest BCUT2D eigenvalue weighted by atomic mass is 32.2. The van der Waals surface area contributed by atoms with Crippen molar-refractivity contribution in [2.24, 2.45) is 5.14 Å². The summed E-state index contributed by atoms with van der Waals surface area (Å²) in [5.41, 5.74) is -0.582. The van der Waals surface area contributed by atoms with Gasteiger partial charge in [-0.15, -0.1) is 5.10 Å². The number of hydrogen-bond donors (Lipinski definition) is 2. The maximum Gasteiger partial charge on any atom is 0.417 e. The highest BCUT2D eigenvalue weighted by Crippen LogP contribution is 2.45. The van der Waals surface area contributed by atoms with Gasteiger partial charge in [-0.2, -0.15) is 13.2 Å². The maximum absolute atomic E-state index is 13.9. The zero-order valence-electron chi connectivity index (χ0n) is 18.7. The van der Waals surface area contributed by atoms with Crippen LogP contribution in [0.15, 0.2) is 41.3 Å². The molecule has 0 amide bonds. The van der Waals surface area contributed by atoms with E-state index in [0.717, 1.165) is 6.07 Å². The molecule has 3 aromatic rings. The second-order valence-electron chi connectivity index (χ2n) is 8.46. The molecule has 1 heterocycles. The van der Waals surface area contributed by atoms with Crippen molar-refractivity contribution < 1.29 is 31.4 Å². The van der Waals surface area contributed by atoms with Gasteiger partial charge in [0.25, 0.3) is 0 Å². The lowest BCUT2D eigenvalue weighted by atomic mass is 9.80. The molecule has 0 unspecified atom stereocenters. The number of aromatic nitrogens is 4. The van der Waals surface area contributed by atoms with Crippen LogP contribution in [0.3, 0.4) is 0 Å². The van der Waals surface area contributed by atoms with Crippen molar-refractivity contribution in [3.63, 3.8) is 0 Å². The van der Waals surface area contributed by atoms with Crippen molar-refractivity contribution in [2.45, 2.75) is 55.3 Å². The standard InChI is InChI=1S/C22H24F3N5O4S/c1-34-16-8-2-13(3-9-16)12-30-21(27-28-29-30)19-17(14-4-6-15(31)7-5-14)10-11-18(22(23,24)25)20(19)35(26,32)33/h2-3,8-11,14-15,31H,4-7,12H2,1H3,(H2,26,32,33). The van der Waals surface area contributed by atoms with Crippen LogP contribution < -0.4 is 9.88 Å². The number of halogens is 3. The molecule has 2 aromatic carbocycles. The van der Waals surface area contributed by atoms with Crippen LogP contribution in [0.2, 0.25) is 0 Å². The van der Waals surface area contributed by atoms with Gasteiger partial charge in [-0.25, -0.2) is 18.2 Å². The number of alkyl halides is 3. The third kappa shape index (κ3) is 5.31. The Morgan fingerprint density at radius 3 is 2.34 bits per heavy atom. The summed E-state index contributed by atoms with van der Waals surface area (Å²) in [6, 6.07) is 8.89. The number of aliphatic hydroxyl groups excluding tert-OH is 1. The van der Waals surface area contributed by atoms with Crippen LogP contribution in [0, 0.1) is 0 Å². The first-order chi connectivity index (χ1) is 16.5. The van der Waals surface area contributed by atoms with Gasteiger partial charge < -0.3 is 9.84 Å². The van der Waals surface area contributed by atoms with Crippen molar-refractivity contribution in [3.05, 3.63) is 53.1 Å². The monoisotopic (exact) mass is 511 g/mol. The summed E-state index contributed by atoms with van der Waals surface area (Å²) in [5, 5.41) is 26.7. The van der Waals surface area contributed by atoms with E-state index in [1.54, 1.807) is 24.3 Å². The van der Waals surface area contributed by atoms with Gasteiger partial charge in [-0.1, -0.05) is 18.2 Å². The summed E-state index contributed by atoms with van der Waals surface area (Å²) >= 11 is 0. The smallest absolute Gasteiger partial charge is 0.417 e. The summed E-state index contributed by atoms with van der Waals surface area (Å²) in [4.78, 5) is -1.06. The van der Waals surface area contributed by atoms with E-state index in [1.165, 1.54) is 17.9 Å². The fourth-order valence-electron chi connectivity index (χ4n) is 4.47. The summed E-state index contributed by atoms with van der Waals surface area (Å²) in [5.74, 6) is 0.168. The van der Waals surface area contributed by atoms with E-state index in [4.69, 9.17) is 9.88 Å². The zero-order valence-corrected chi connectivity index (χ0v) is 19.6. The Kier molecular flexibility index (Phi) is 6.84. The summed E-state index contributed by atoms with van der Waals surface area (Å²) in [6.07, 6.45) is -3.69. The van der Waals surface area contributed by atoms with Gasteiger partial charge in [0, 0.05) is 5.56 Å². The molecule has 1 aromatic heterocycles. The molecule has 1 fully saturated rings. The molecule has 0 bridgehead atoms. The van der Waals surface area contributed by atoms with Crippen LogP contribution in [0.1, 0.15) is 48.3 Å². The van der Waals surface area contributed by atoms with Crippen molar-refractivity contribution in [1.82, 2.24) is 20.2 Å². The second-order valence-corrected chi connectivity index (χ2v) is 9.96. The van der Waals surface area contributed by atoms with Crippen molar-refractivity contribution >= 4 is 10.0 Å². The van der Waals surface area contributed by atoms with Gasteiger partial charge in [-0.05, 0) is 71.4 Å². The fourth-order valence-corrected chi connectivity index (χ4v) is 5.45. The maximum atomic E-state index is 13.9. The minimum Gasteiger partial charge on any atom is -0.497 e. The first kappa shape index (κ1) is 25.1. The Morgan fingerprint density at radius 2 is 1.77 bits per heavy atom. The number of benzene rings is 2. The molecule has 0 atom stereocenters. The van der Waals surface area contributed by atoms with Crippen molar-refractivity contribution in [2.75, 3.05) is 7.11 Å². The van der Waals surface area contributed by atoms with E-state index in [9.17, 15) is 26.7 Å². The SMILES string of the molecule is COc1ccc(Cn2nnnc2-c2c(C3CCC(O)CC3)ccc(C(F)(F)F)c2S(N)(=O)=O)cc1. The van der Waals surface area contributed by atoms with Gasteiger partial charge in [-0.3, -0.25) is 0 Å². The molecule has 0 radical (unpaired) electrons. The minimum atomic E-state index is -4.98. The summed E-state index contributed by atoms with van der Waals surface area (Å²) in [6.45, 7) is 0.0649. The van der Waals surface area contributed by atoms with Crippen molar-refractivity contribution in [1.29, 1.82) is 0 Å². The first-order valence-electron chi connectivity index (χ1n) is 10.8. The Labute approximate surface area is 199 Å². The number of hydrogen-bond acceptors (Lipinski definition) is 7. The largest absolute Gasteiger partial charge is 0.497 e. The number of rotatable bonds is 6. The first-order valence-corrected chi connectivity index (χ1v) is 12.4. The highest BCUT2D eigenvalue weighted by molar-refractivity contribution is 7.89. The molecule has 13 heteroatoms. The van der Waals surface area contributed by atoms with Gasteiger partial charge >= 0.3 is 6.18 Å². The number of nitrogens with zero attached hydrogens (tertiary/aromatic N) is 4. The van der Waals surface area contributed by atoms with Crippen LogP contribution in [0.4, 0.5) is 13.2 Å². The van der Waals surface area contributed by atoms with Gasteiger partial charge in [0.1, 0.15) is 10.6 Å². The summed E-state index contributed by atoms with van der Waals surface area (Å²) < 4.78 is 73.3. The van der Waals surface area contributed by atoms with E-state index < -0.39 is 32.8 Å². The number of sulfonamides is 1. The molecule has 188 valence electrons. The van der Waals surface area contributed by atoms with Crippen LogP contribution in [0.25, 0.3) is 11.4 Å². The zero-order chi connectivity index (χ0) is 25.4. The van der Waals surface area contributed by atoms with Crippen molar-refractivity contribution in [3.8, 4) is 17.1 Å². The fraction of sp³-hybridized carbons (Fsp3) is 0.409. The number of ether oxygens (including phenoxy) is 1. The third-order valence-corrected chi connectivity index (χ3v) is 7.16. The number of methoxy groups -OCH3 is 1. The Bertz CT molecular complexity index is 1300. The van der Waals surface area contributed by atoms with Gasteiger partial charge in [0.15, 0.2) is 5.82 Å². The molecule has 4 rings (SSSR count). The van der Waals surface area contributed by atoms with E-state index in [2.05, 4.69) is 15.5 Å². The van der Waals surface area contributed by atoms with Gasteiger partial charge in [0.2, 0.25) is 10.0 Å². The lowest BCUT2D eigenvalue weighted by Gasteiger charge is -2.28. The van der Waals surface area contributed by atoms with Crippen LogP contribution in [-0.4, -0.2) is 46.9 Å². The third-order valence-electron chi connectivity index (χ3n) is 6.16. The summed E-state index contributed by atoms with van der Waals surface area (Å²) in [7, 11) is -3.32. The molecule has 3 N–H and O–H groups in total. The molecule has 9 nitrogen and oxygen atoms in total. The number of nitrogens with two attached hydrogens (primary N) is 1. The second kappa shape index (κ2) is 9.55. The normalized spacial score (nSPS) is 19.0. The molecule has 1 aliphatic carbocycles. The molecule has 0 spiro atoms. The minimum absolute atomic E-state index is 0.0649. The topological polar surface area (TPSA) is 133 Å². The Hall–Kier alpha value is -3.03. The highest BCUT2D eigenvalue weighted by Gasteiger charge is 2.41. The molecular weight excluding hydrogens is 487 g/mol. The predicted molar refractivity (Wildman–Crippen MR) is 119 cm³/mol. The molecule has 1 aliphatic rings. The van der Waals surface area contributed by atoms with E-state index in [-0.39, 0.29) is 23.9 Å². The Balaban J connectivity index is 1.92. The van der Waals surface area contributed by atoms with Crippen LogP contribution in [-0.2, 0) is 22.7 Å².